The van der Waals surface area contributed by atoms with E-state index in [2.05, 4.69) is 55.6 Å². The Bertz CT molecular complexity index is 1240. The number of hydrogen-bond donors (Lipinski definition) is 2. The lowest BCUT2D eigenvalue weighted by Gasteiger charge is -2.08. The summed E-state index contributed by atoms with van der Waals surface area (Å²) in [6, 6.07) is 5.83. The summed E-state index contributed by atoms with van der Waals surface area (Å²) >= 11 is 0. The Hall–Kier alpha value is -3.57. The molecular formula is C25H26N6O2. The first kappa shape index (κ1) is 21.3. The SMILES string of the molecule is CNc1ncc(C#Cc2ccc(C[C@@H]3CCOC3)cn2)c2cc(NC(=O)[C@H]3C[C@H]3C)nnc12. The molecule has 3 aromatic rings. The highest BCUT2D eigenvalue weighted by molar-refractivity contribution is 5.97. The van der Waals surface area contributed by atoms with Gasteiger partial charge in [-0.15, -0.1) is 10.2 Å². The van der Waals surface area contributed by atoms with Gasteiger partial charge in [0.25, 0.3) is 0 Å². The van der Waals surface area contributed by atoms with Crippen LogP contribution in [0.4, 0.5) is 11.6 Å². The van der Waals surface area contributed by atoms with E-state index in [9.17, 15) is 4.79 Å². The van der Waals surface area contributed by atoms with Crippen molar-refractivity contribution in [2.45, 2.75) is 26.2 Å². The van der Waals surface area contributed by atoms with E-state index in [1.54, 1.807) is 19.3 Å². The first-order valence-electron chi connectivity index (χ1n) is 11.3. The van der Waals surface area contributed by atoms with Crippen LogP contribution in [0.15, 0.2) is 30.6 Å². The Balaban J connectivity index is 1.39. The van der Waals surface area contributed by atoms with Crippen molar-refractivity contribution in [1.29, 1.82) is 0 Å². The fourth-order valence-corrected chi connectivity index (χ4v) is 4.11. The van der Waals surface area contributed by atoms with Gasteiger partial charge in [-0.25, -0.2) is 9.97 Å². The van der Waals surface area contributed by atoms with E-state index in [1.807, 2.05) is 12.3 Å². The molecule has 1 aliphatic carbocycles. The number of fused-ring (bicyclic) bond motifs is 1. The maximum atomic E-state index is 12.3. The van der Waals surface area contributed by atoms with Crippen molar-refractivity contribution in [3.8, 4) is 11.8 Å². The molecule has 8 heteroatoms. The average molecular weight is 443 g/mol. The molecule has 1 saturated carbocycles. The van der Waals surface area contributed by atoms with Crippen molar-refractivity contribution >= 4 is 28.4 Å². The molecule has 0 unspecified atom stereocenters. The van der Waals surface area contributed by atoms with E-state index in [0.717, 1.165) is 37.9 Å². The predicted molar refractivity (Wildman–Crippen MR) is 126 cm³/mol. The van der Waals surface area contributed by atoms with Crippen LogP contribution in [-0.4, -0.2) is 46.3 Å². The van der Waals surface area contributed by atoms with Crippen LogP contribution in [-0.2, 0) is 16.0 Å². The predicted octanol–water partition coefficient (Wildman–Crippen LogP) is 3.03. The molecule has 2 N–H and O–H groups in total. The summed E-state index contributed by atoms with van der Waals surface area (Å²) in [5.41, 5.74) is 3.18. The first-order chi connectivity index (χ1) is 16.1. The van der Waals surface area contributed by atoms with E-state index >= 15 is 0 Å². The van der Waals surface area contributed by atoms with Gasteiger partial charge in [0.1, 0.15) is 11.2 Å². The zero-order chi connectivity index (χ0) is 22.8. The Morgan fingerprint density at radius 1 is 1.21 bits per heavy atom. The zero-order valence-corrected chi connectivity index (χ0v) is 18.8. The van der Waals surface area contributed by atoms with Gasteiger partial charge in [0.15, 0.2) is 11.6 Å². The van der Waals surface area contributed by atoms with E-state index in [-0.39, 0.29) is 11.8 Å². The normalized spacial score (nSPS) is 21.3. The molecule has 0 bridgehead atoms. The van der Waals surface area contributed by atoms with Crippen LogP contribution < -0.4 is 10.6 Å². The van der Waals surface area contributed by atoms with Crippen LogP contribution in [0.2, 0.25) is 0 Å². The number of carbonyl (C=O) groups excluding carboxylic acids is 1. The van der Waals surface area contributed by atoms with Gasteiger partial charge in [0, 0.05) is 44.0 Å². The van der Waals surface area contributed by atoms with E-state index in [1.165, 1.54) is 5.56 Å². The molecule has 3 aromatic heterocycles. The molecule has 1 saturated heterocycles. The number of nitrogens with one attached hydrogen (secondary N) is 2. The van der Waals surface area contributed by atoms with Crippen LogP contribution >= 0.6 is 0 Å². The molecule has 33 heavy (non-hydrogen) atoms. The molecule has 1 aliphatic heterocycles. The summed E-state index contributed by atoms with van der Waals surface area (Å²) in [6.07, 6.45) is 6.59. The van der Waals surface area contributed by atoms with Crippen molar-refractivity contribution < 1.29 is 9.53 Å². The lowest BCUT2D eigenvalue weighted by Crippen LogP contribution is -2.16. The van der Waals surface area contributed by atoms with E-state index in [0.29, 0.717) is 40.2 Å². The van der Waals surface area contributed by atoms with Crippen molar-refractivity contribution in [3.05, 3.63) is 47.4 Å². The van der Waals surface area contributed by atoms with Gasteiger partial charge >= 0.3 is 0 Å². The number of ether oxygens (including phenoxy) is 1. The van der Waals surface area contributed by atoms with Gasteiger partial charge in [-0.3, -0.25) is 4.79 Å². The number of aromatic nitrogens is 4. The Labute approximate surface area is 192 Å². The molecule has 1 amide bonds. The first-order valence-corrected chi connectivity index (χ1v) is 11.3. The van der Waals surface area contributed by atoms with Crippen LogP contribution in [0, 0.1) is 29.6 Å². The monoisotopic (exact) mass is 442 g/mol. The number of hydrogen-bond acceptors (Lipinski definition) is 7. The summed E-state index contributed by atoms with van der Waals surface area (Å²) in [4.78, 5) is 21.2. The molecule has 2 fully saturated rings. The van der Waals surface area contributed by atoms with Gasteiger partial charge in [-0.05, 0) is 54.7 Å². The summed E-state index contributed by atoms with van der Waals surface area (Å²) in [6.45, 7) is 3.75. The quantitative estimate of drug-likeness (QED) is 0.586. The molecule has 0 radical (unpaired) electrons. The Morgan fingerprint density at radius 2 is 2.09 bits per heavy atom. The molecule has 4 heterocycles. The zero-order valence-electron chi connectivity index (χ0n) is 18.8. The van der Waals surface area contributed by atoms with Crippen LogP contribution in [0.25, 0.3) is 10.9 Å². The van der Waals surface area contributed by atoms with E-state index in [4.69, 9.17) is 4.74 Å². The van der Waals surface area contributed by atoms with Crippen LogP contribution in [0.5, 0.6) is 0 Å². The minimum atomic E-state index is -0.0138. The minimum absolute atomic E-state index is 0.0138. The third-order valence-corrected chi connectivity index (χ3v) is 6.26. The number of amides is 1. The largest absolute Gasteiger partial charge is 0.381 e. The minimum Gasteiger partial charge on any atom is -0.381 e. The molecule has 8 nitrogen and oxygen atoms in total. The second-order valence-corrected chi connectivity index (χ2v) is 8.81. The van der Waals surface area contributed by atoms with Gasteiger partial charge in [-0.2, -0.15) is 0 Å². The van der Waals surface area contributed by atoms with Gasteiger partial charge in [0.2, 0.25) is 5.91 Å². The standard InChI is InChI=1S/C25H26N6O2/c1-15-9-20(15)25(32)29-22-11-21-18(13-28-24(26-2)23(21)31-30-22)4-6-19-5-3-16(12-27-19)10-17-7-8-33-14-17/h3,5,11-13,15,17,20H,7-10,14H2,1-2H3,(H,26,28)(H,29,30,32)/t15-,17+,20+/m1/s1. The third-order valence-electron chi connectivity index (χ3n) is 6.26. The summed E-state index contributed by atoms with van der Waals surface area (Å²) in [5, 5.41) is 15.1. The summed E-state index contributed by atoms with van der Waals surface area (Å²) < 4.78 is 5.46. The topological polar surface area (TPSA) is 102 Å². The maximum absolute atomic E-state index is 12.3. The van der Waals surface area contributed by atoms with Crippen molar-refractivity contribution in [1.82, 2.24) is 20.2 Å². The molecule has 3 atom stereocenters. The fourth-order valence-electron chi connectivity index (χ4n) is 4.11. The highest BCUT2D eigenvalue weighted by Gasteiger charge is 2.39. The second kappa shape index (κ2) is 9.12. The smallest absolute Gasteiger partial charge is 0.228 e. The molecule has 0 aromatic carbocycles. The number of anilines is 2. The van der Waals surface area contributed by atoms with Gasteiger partial charge in [-0.1, -0.05) is 18.9 Å². The Morgan fingerprint density at radius 3 is 2.79 bits per heavy atom. The molecular weight excluding hydrogens is 416 g/mol. The number of pyridine rings is 2. The third kappa shape index (κ3) is 4.78. The summed E-state index contributed by atoms with van der Waals surface area (Å²) in [5.74, 6) is 8.36. The Kier molecular flexibility index (Phi) is 5.88. The van der Waals surface area contributed by atoms with Crippen LogP contribution in [0.1, 0.15) is 36.6 Å². The van der Waals surface area contributed by atoms with Crippen LogP contribution in [0.3, 0.4) is 0 Å². The second-order valence-electron chi connectivity index (χ2n) is 8.81. The van der Waals surface area contributed by atoms with Gasteiger partial charge in [0.05, 0.1) is 5.56 Å². The molecule has 2 aliphatic rings. The molecule has 168 valence electrons. The van der Waals surface area contributed by atoms with Crippen molar-refractivity contribution in [3.63, 3.8) is 0 Å². The lowest BCUT2D eigenvalue weighted by molar-refractivity contribution is -0.117. The lowest BCUT2D eigenvalue weighted by atomic mass is 10.00. The number of carbonyl (C=O) groups is 1. The van der Waals surface area contributed by atoms with Crippen molar-refractivity contribution in [2.24, 2.45) is 17.8 Å². The molecule has 0 spiro atoms. The fraction of sp³-hybridized carbons (Fsp3) is 0.400. The highest BCUT2D eigenvalue weighted by Crippen LogP contribution is 2.38. The summed E-state index contributed by atoms with van der Waals surface area (Å²) in [7, 11) is 1.78. The number of rotatable bonds is 5. The average Bonchev–Trinajstić information content (AvgIpc) is 3.34. The maximum Gasteiger partial charge on any atom is 0.228 e. The molecule has 5 rings (SSSR count). The highest BCUT2D eigenvalue weighted by atomic mass is 16.5. The van der Waals surface area contributed by atoms with Gasteiger partial charge < -0.3 is 15.4 Å². The number of nitrogens with zero attached hydrogens (tertiary/aromatic N) is 4. The van der Waals surface area contributed by atoms with E-state index < -0.39 is 0 Å². The van der Waals surface area contributed by atoms with Crippen molar-refractivity contribution in [2.75, 3.05) is 30.9 Å².